The van der Waals surface area contributed by atoms with E-state index in [1.165, 1.54) is 61.1 Å². The molecule has 0 N–H and O–H groups in total. The summed E-state index contributed by atoms with van der Waals surface area (Å²) in [4.78, 5) is 4.72. The minimum absolute atomic E-state index is 1.12. The standard InChI is InChI=1S/C52H42N2/c1-37-34-38(2)36-49(35-37)54(51-33-28-44-25-24-43-10-9-15-50(51)52(43)44)48-31-26-42(27-32-48)41-22-18-39(19-23-41)16-17-40-20-29-47(30-21-40)53(45-11-5-3-6-12-45)46-13-7-4-8-14-46/h3-23,26-36H,24-25H2,1-2H3. The van der Waals surface area contributed by atoms with Crippen LogP contribution in [0.5, 0.6) is 0 Å². The molecule has 0 atom stereocenters. The number of para-hydroxylation sites is 2. The quantitative estimate of drug-likeness (QED) is 0.139. The second-order valence-electron chi connectivity index (χ2n) is 14.4. The normalized spacial score (nSPS) is 12.0. The maximum Gasteiger partial charge on any atom is 0.0540 e. The highest BCUT2D eigenvalue weighted by molar-refractivity contribution is 6.03. The van der Waals surface area contributed by atoms with Gasteiger partial charge in [-0.2, -0.15) is 0 Å². The number of anilines is 6. The average Bonchev–Trinajstić information content (AvgIpc) is 3.64. The van der Waals surface area contributed by atoms with Gasteiger partial charge in [0.25, 0.3) is 0 Å². The summed E-state index contributed by atoms with van der Waals surface area (Å²) in [5.74, 6) is 0. The third-order valence-corrected chi connectivity index (χ3v) is 10.6. The van der Waals surface area contributed by atoms with E-state index in [-0.39, 0.29) is 0 Å². The van der Waals surface area contributed by atoms with Crippen LogP contribution in [0.2, 0.25) is 0 Å². The molecular formula is C52H42N2. The molecule has 0 fully saturated rings. The molecule has 2 heteroatoms. The Labute approximate surface area is 318 Å². The first-order valence-electron chi connectivity index (χ1n) is 18.9. The second-order valence-corrected chi connectivity index (χ2v) is 14.4. The lowest BCUT2D eigenvalue weighted by molar-refractivity contribution is 1.02. The van der Waals surface area contributed by atoms with E-state index in [4.69, 9.17) is 0 Å². The fraction of sp³-hybridized carbons (Fsp3) is 0.0769. The van der Waals surface area contributed by atoms with Crippen molar-refractivity contribution in [2.75, 3.05) is 9.80 Å². The first-order chi connectivity index (χ1) is 26.6. The summed E-state index contributed by atoms with van der Waals surface area (Å²) in [6.45, 7) is 4.37. The highest BCUT2D eigenvalue weighted by atomic mass is 15.1. The number of aryl methyl sites for hydroxylation is 4. The topological polar surface area (TPSA) is 6.48 Å². The van der Waals surface area contributed by atoms with Gasteiger partial charge in [0, 0.05) is 33.8 Å². The van der Waals surface area contributed by atoms with Crippen LogP contribution in [-0.2, 0) is 12.8 Å². The molecule has 0 unspecified atom stereocenters. The van der Waals surface area contributed by atoms with E-state index in [9.17, 15) is 0 Å². The van der Waals surface area contributed by atoms with Crippen LogP contribution >= 0.6 is 0 Å². The summed E-state index contributed by atoms with van der Waals surface area (Å²) in [7, 11) is 0. The molecular weight excluding hydrogens is 653 g/mol. The summed E-state index contributed by atoms with van der Waals surface area (Å²) in [6, 6.07) is 66.0. The monoisotopic (exact) mass is 694 g/mol. The van der Waals surface area contributed by atoms with Gasteiger partial charge in [0.1, 0.15) is 0 Å². The minimum atomic E-state index is 1.12. The van der Waals surface area contributed by atoms with E-state index < -0.39 is 0 Å². The van der Waals surface area contributed by atoms with Crippen LogP contribution in [0, 0.1) is 13.8 Å². The number of rotatable bonds is 9. The number of hydrogen-bond donors (Lipinski definition) is 0. The fourth-order valence-electron chi connectivity index (χ4n) is 8.05. The van der Waals surface area contributed by atoms with Crippen LogP contribution in [0.4, 0.5) is 34.1 Å². The molecule has 0 aromatic heterocycles. The fourth-order valence-corrected chi connectivity index (χ4v) is 8.05. The van der Waals surface area contributed by atoms with Crippen molar-refractivity contribution in [3.63, 3.8) is 0 Å². The zero-order valence-corrected chi connectivity index (χ0v) is 30.8. The Morgan fingerprint density at radius 1 is 0.389 bits per heavy atom. The van der Waals surface area contributed by atoms with Gasteiger partial charge in [0.15, 0.2) is 0 Å². The Morgan fingerprint density at radius 2 is 0.870 bits per heavy atom. The second kappa shape index (κ2) is 14.4. The predicted molar refractivity (Wildman–Crippen MR) is 231 cm³/mol. The highest BCUT2D eigenvalue weighted by Crippen LogP contribution is 2.43. The number of benzene rings is 8. The third-order valence-electron chi connectivity index (χ3n) is 10.6. The molecule has 0 amide bonds. The van der Waals surface area contributed by atoms with Crippen molar-refractivity contribution >= 4 is 57.0 Å². The Bertz CT molecular complexity index is 2520. The largest absolute Gasteiger partial charge is 0.311 e. The molecule has 1 aliphatic carbocycles. The van der Waals surface area contributed by atoms with Gasteiger partial charge in [0.05, 0.1) is 5.69 Å². The molecule has 8 aromatic rings. The van der Waals surface area contributed by atoms with Crippen molar-refractivity contribution in [2.24, 2.45) is 0 Å². The van der Waals surface area contributed by atoms with E-state index in [1.807, 2.05) is 0 Å². The summed E-state index contributed by atoms with van der Waals surface area (Å²) < 4.78 is 0. The van der Waals surface area contributed by atoms with Crippen LogP contribution in [0.25, 0.3) is 34.1 Å². The predicted octanol–water partition coefficient (Wildman–Crippen LogP) is 14.3. The summed E-state index contributed by atoms with van der Waals surface area (Å²) in [5, 5.41) is 2.76. The Morgan fingerprint density at radius 3 is 1.46 bits per heavy atom. The van der Waals surface area contributed by atoms with Crippen LogP contribution in [0.1, 0.15) is 33.4 Å². The maximum absolute atomic E-state index is 2.44. The molecule has 1 aliphatic rings. The molecule has 0 radical (unpaired) electrons. The molecule has 0 saturated carbocycles. The Hall–Kier alpha value is -6.64. The van der Waals surface area contributed by atoms with Gasteiger partial charge in [-0.25, -0.2) is 0 Å². The van der Waals surface area contributed by atoms with Gasteiger partial charge in [-0.15, -0.1) is 0 Å². The molecule has 0 aliphatic heterocycles. The first kappa shape index (κ1) is 33.2. The number of hydrogen-bond acceptors (Lipinski definition) is 2. The molecule has 54 heavy (non-hydrogen) atoms. The zero-order chi connectivity index (χ0) is 36.4. The lowest BCUT2D eigenvalue weighted by Gasteiger charge is -2.28. The summed E-state index contributed by atoms with van der Waals surface area (Å²) in [6.07, 6.45) is 6.62. The summed E-state index contributed by atoms with van der Waals surface area (Å²) >= 11 is 0. The SMILES string of the molecule is Cc1cc(C)cc(N(c2ccc(-c3ccc(C=Cc4ccc(N(c5ccccc5)c5ccccc5)cc4)cc3)cc2)c2ccc3c4c(cccc24)CC3)c1. The highest BCUT2D eigenvalue weighted by Gasteiger charge is 2.21. The Balaban J connectivity index is 0.959. The molecule has 9 rings (SSSR count). The van der Waals surface area contributed by atoms with E-state index in [1.54, 1.807) is 0 Å². The van der Waals surface area contributed by atoms with Gasteiger partial charge >= 0.3 is 0 Å². The van der Waals surface area contributed by atoms with E-state index in [0.717, 1.165) is 41.2 Å². The third kappa shape index (κ3) is 6.59. The van der Waals surface area contributed by atoms with Gasteiger partial charge in [-0.05, 0) is 143 Å². The van der Waals surface area contributed by atoms with Crippen molar-refractivity contribution in [3.8, 4) is 11.1 Å². The molecule has 8 aromatic carbocycles. The van der Waals surface area contributed by atoms with Crippen LogP contribution in [-0.4, -0.2) is 0 Å². The minimum Gasteiger partial charge on any atom is -0.311 e. The molecule has 0 saturated heterocycles. The molecule has 0 heterocycles. The first-order valence-corrected chi connectivity index (χ1v) is 18.9. The van der Waals surface area contributed by atoms with Crippen molar-refractivity contribution in [1.82, 2.24) is 0 Å². The van der Waals surface area contributed by atoms with Crippen molar-refractivity contribution in [3.05, 3.63) is 215 Å². The van der Waals surface area contributed by atoms with E-state index in [2.05, 4.69) is 218 Å². The van der Waals surface area contributed by atoms with Crippen molar-refractivity contribution in [1.29, 1.82) is 0 Å². The maximum atomic E-state index is 2.44. The van der Waals surface area contributed by atoms with Gasteiger partial charge in [0.2, 0.25) is 0 Å². The zero-order valence-electron chi connectivity index (χ0n) is 30.8. The van der Waals surface area contributed by atoms with Crippen molar-refractivity contribution < 1.29 is 0 Å². The lowest BCUT2D eigenvalue weighted by atomic mass is 10.00. The van der Waals surface area contributed by atoms with Gasteiger partial charge in [-0.3, -0.25) is 0 Å². The average molecular weight is 695 g/mol. The van der Waals surface area contributed by atoms with Crippen molar-refractivity contribution in [2.45, 2.75) is 26.7 Å². The van der Waals surface area contributed by atoms with E-state index >= 15 is 0 Å². The molecule has 0 bridgehead atoms. The van der Waals surface area contributed by atoms with Crippen LogP contribution < -0.4 is 9.80 Å². The smallest absolute Gasteiger partial charge is 0.0540 e. The number of nitrogens with zero attached hydrogens (tertiary/aromatic N) is 2. The van der Waals surface area contributed by atoms with Crippen LogP contribution in [0.3, 0.4) is 0 Å². The molecule has 260 valence electrons. The van der Waals surface area contributed by atoms with E-state index in [0.29, 0.717) is 0 Å². The Kier molecular flexibility index (Phi) is 8.86. The van der Waals surface area contributed by atoms with Gasteiger partial charge < -0.3 is 9.80 Å². The van der Waals surface area contributed by atoms with Gasteiger partial charge in [-0.1, -0.05) is 127 Å². The van der Waals surface area contributed by atoms with Crippen LogP contribution in [0.15, 0.2) is 182 Å². The lowest BCUT2D eigenvalue weighted by Crippen LogP contribution is -2.11. The molecule has 0 spiro atoms. The summed E-state index contributed by atoms with van der Waals surface area (Å²) in [5.41, 5.74) is 17.2. The molecule has 2 nitrogen and oxygen atoms in total.